The normalized spacial score (nSPS) is 12.6. The Morgan fingerprint density at radius 2 is 2.25 bits per heavy atom. The van der Waals surface area contributed by atoms with Crippen LogP contribution in [0.2, 0.25) is 0 Å². The predicted molar refractivity (Wildman–Crippen MR) is 46.6 cm³/mol. The van der Waals surface area contributed by atoms with Crippen LogP contribution in [0.1, 0.15) is 26.6 Å². The summed E-state index contributed by atoms with van der Waals surface area (Å²) < 4.78 is 1.94. The van der Waals surface area contributed by atoms with Gasteiger partial charge in [0.1, 0.15) is 6.21 Å². The molecule has 1 aromatic heterocycles. The minimum Gasteiger partial charge on any atom is -0.411 e. The number of hydrogen-bond donors (Lipinski definition) is 1. The molecule has 0 saturated carbocycles. The maximum atomic E-state index is 8.34. The van der Waals surface area contributed by atoms with Crippen LogP contribution in [0.3, 0.4) is 0 Å². The summed E-state index contributed by atoms with van der Waals surface area (Å²) in [6.45, 7) is 6.18. The molecular formula is C8H13N3O. The zero-order chi connectivity index (χ0) is 9.19. The number of oxime groups is 1. The standard InChI is InChI=1S/C8H13N3O/c1-8(2,3)11-5-4-9-7(11)6-10-12/h4-6,12H,1-3H3/b10-6+. The van der Waals surface area contributed by atoms with Gasteiger partial charge in [0.2, 0.25) is 0 Å². The van der Waals surface area contributed by atoms with E-state index in [4.69, 9.17) is 5.21 Å². The monoisotopic (exact) mass is 167 g/mol. The van der Waals surface area contributed by atoms with Gasteiger partial charge in [0.25, 0.3) is 0 Å². The van der Waals surface area contributed by atoms with Crippen molar-refractivity contribution in [2.45, 2.75) is 26.3 Å². The van der Waals surface area contributed by atoms with E-state index >= 15 is 0 Å². The van der Waals surface area contributed by atoms with E-state index in [-0.39, 0.29) is 5.54 Å². The van der Waals surface area contributed by atoms with Gasteiger partial charge in [0, 0.05) is 17.9 Å². The molecule has 1 aromatic rings. The average molecular weight is 167 g/mol. The van der Waals surface area contributed by atoms with Crippen molar-refractivity contribution in [2.75, 3.05) is 0 Å². The molecule has 4 heteroatoms. The van der Waals surface area contributed by atoms with Crippen LogP contribution in [-0.2, 0) is 5.54 Å². The SMILES string of the molecule is CC(C)(C)n1ccnc1/C=N/O. The molecular weight excluding hydrogens is 154 g/mol. The molecule has 0 bridgehead atoms. The lowest BCUT2D eigenvalue weighted by atomic mass is 10.1. The van der Waals surface area contributed by atoms with Gasteiger partial charge in [-0.25, -0.2) is 4.98 Å². The molecule has 1 rings (SSSR count). The lowest BCUT2D eigenvalue weighted by Gasteiger charge is -2.21. The van der Waals surface area contributed by atoms with E-state index in [2.05, 4.69) is 30.9 Å². The third kappa shape index (κ3) is 1.64. The van der Waals surface area contributed by atoms with Gasteiger partial charge in [-0.1, -0.05) is 5.16 Å². The Morgan fingerprint density at radius 3 is 2.75 bits per heavy atom. The third-order valence-electron chi connectivity index (χ3n) is 1.57. The quantitative estimate of drug-likeness (QED) is 0.391. The lowest BCUT2D eigenvalue weighted by molar-refractivity contribution is 0.320. The van der Waals surface area contributed by atoms with Crippen molar-refractivity contribution in [1.29, 1.82) is 0 Å². The Labute approximate surface area is 71.5 Å². The highest BCUT2D eigenvalue weighted by Gasteiger charge is 2.15. The summed E-state index contributed by atoms with van der Waals surface area (Å²) in [5, 5.41) is 11.3. The van der Waals surface area contributed by atoms with E-state index in [1.807, 2.05) is 10.8 Å². The van der Waals surface area contributed by atoms with Gasteiger partial charge >= 0.3 is 0 Å². The first kappa shape index (κ1) is 8.77. The van der Waals surface area contributed by atoms with Crippen LogP contribution >= 0.6 is 0 Å². The van der Waals surface area contributed by atoms with Gasteiger partial charge in [-0.3, -0.25) is 0 Å². The molecule has 0 aliphatic rings. The highest BCUT2D eigenvalue weighted by atomic mass is 16.4. The molecule has 0 spiro atoms. The Morgan fingerprint density at radius 1 is 1.58 bits per heavy atom. The molecule has 0 aliphatic heterocycles. The highest BCUT2D eigenvalue weighted by molar-refractivity contribution is 5.74. The first-order valence-corrected chi connectivity index (χ1v) is 3.77. The van der Waals surface area contributed by atoms with Crippen molar-refractivity contribution in [2.24, 2.45) is 5.16 Å². The van der Waals surface area contributed by atoms with E-state index < -0.39 is 0 Å². The summed E-state index contributed by atoms with van der Waals surface area (Å²) in [6, 6.07) is 0. The highest BCUT2D eigenvalue weighted by Crippen LogP contribution is 2.14. The minimum absolute atomic E-state index is 0.0347. The molecule has 0 atom stereocenters. The summed E-state index contributed by atoms with van der Waals surface area (Å²) in [4.78, 5) is 4.03. The third-order valence-corrected chi connectivity index (χ3v) is 1.57. The van der Waals surface area contributed by atoms with Crippen molar-refractivity contribution in [3.8, 4) is 0 Å². The maximum Gasteiger partial charge on any atom is 0.154 e. The Kier molecular flexibility index (Phi) is 2.17. The molecule has 1 heterocycles. The molecule has 0 aliphatic carbocycles. The topological polar surface area (TPSA) is 50.4 Å². The fraction of sp³-hybridized carbons (Fsp3) is 0.500. The number of hydrogen-bond acceptors (Lipinski definition) is 3. The van der Waals surface area contributed by atoms with Crippen molar-refractivity contribution in [1.82, 2.24) is 9.55 Å². The molecule has 0 fully saturated rings. The maximum absolute atomic E-state index is 8.34. The van der Waals surface area contributed by atoms with Crippen LogP contribution in [0.4, 0.5) is 0 Å². The second kappa shape index (κ2) is 2.97. The Hall–Kier alpha value is -1.32. The van der Waals surface area contributed by atoms with Crippen LogP contribution in [0.15, 0.2) is 17.5 Å². The molecule has 0 unspecified atom stereocenters. The minimum atomic E-state index is -0.0347. The molecule has 0 amide bonds. The number of rotatable bonds is 1. The summed E-state index contributed by atoms with van der Waals surface area (Å²) in [5.74, 6) is 0.657. The van der Waals surface area contributed by atoms with Crippen LogP contribution in [0.25, 0.3) is 0 Å². The van der Waals surface area contributed by atoms with E-state index in [1.165, 1.54) is 6.21 Å². The predicted octanol–water partition coefficient (Wildman–Crippen LogP) is 1.45. The average Bonchev–Trinajstić information content (AvgIpc) is 2.34. The van der Waals surface area contributed by atoms with E-state index in [0.29, 0.717) is 5.82 Å². The molecule has 0 radical (unpaired) electrons. The van der Waals surface area contributed by atoms with Crippen molar-refractivity contribution < 1.29 is 5.21 Å². The van der Waals surface area contributed by atoms with Crippen molar-refractivity contribution in [3.05, 3.63) is 18.2 Å². The zero-order valence-electron chi connectivity index (χ0n) is 7.52. The summed E-state index contributed by atoms with van der Waals surface area (Å²) in [7, 11) is 0. The smallest absolute Gasteiger partial charge is 0.154 e. The molecule has 66 valence electrons. The summed E-state index contributed by atoms with van der Waals surface area (Å²) in [5.41, 5.74) is -0.0347. The van der Waals surface area contributed by atoms with Crippen LogP contribution in [0, 0.1) is 0 Å². The van der Waals surface area contributed by atoms with Gasteiger partial charge < -0.3 is 9.77 Å². The van der Waals surface area contributed by atoms with Gasteiger partial charge in [-0.2, -0.15) is 0 Å². The molecule has 4 nitrogen and oxygen atoms in total. The number of nitrogens with zero attached hydrogens (tertiary/aromatic N) is 3. The van der Waals surface area contributed by atoms with Gasteiger partial charge in [0.15, 0.2) is 5.82 Å². The van der Waals surface area contributed by atoms with Gasteiger partial charge in [-0.05, 0) is 20.8 Å². The van der Waals surface area contributed by atoms with Gasteiger partial charge in [-0.15, -0.1) is 0 Å². The Balaban J connectivity index is 3.07. The van der Waals surface area contributed by atoms with E-state index in [1.54, 1.807) is 6.20 Å². The van der Waals surface area contributed by atoms with Crippen molar-refractivity contribution >= 4 is 6.21 Å². The van der Waals surface area contributed by atoms with Crippen LogP contribution < -0.4 is 0 Å². The molecule has 12 heavy (non-hydrogen) atoms. The molecule has 1 N–H and O–H groups in total. The number of imidazole rings is 1. The van der Waals surface area contributed by atoms with E-state index in [0.717, 1.165) is 0 Å². The summed E-state index contributed by atoms with van der Waals surface area (Å²) in [6.07, 6.45) is 4.87. The zero-order valence-corrected chi connectivity index (χ0v) is 7.52. The fourth-order valence-electron chi connectivity index (χ4n) is 1.03. The first-order valence-electron chi connectivity index (χ1n) is 3.77. The molecule has 0 aromatic carbocycles. The second-order valence-corrected chi connectivity index (χ2v) is 3.57. The fourth-order valence-corrected chi connectivity index (χ4v) is 1.03. The van der Waals surface area contributed by atoms with Crippen LogP contribution in [-0.4, -0.2) is 21.0 Å². The molecule has 0 saturated heterocycles. The lowest BCUT2D eigenvalue weighted by Crippen LogP contribution is -2.23. The van der Waals surface area contributed by atoms with Gasteiger partial charge in [0.05, 0.1) is 0 Å². The van der Waals surface area contributed by atoms with Crippen LogP contribution in [0.5, 0.6) is 0 Å². The Bertz CT molecular complexity index is 283. The largest absolute Gasteiger partial charge is 0.411 e. The summed E-state index contributed by atoms with van der Waals surface area (Å²) >= 11 is 0. The van der Waals surface area contributed by atoms with E-state index in [9.17, 15) is 0 Å². The second-order valence-electron chi connectivity index (χ2n) is 3.57. The first-order chi connectivity index (χ1) is 5.55. The van der Waals surface area contributed by atoms with Crippen molar-refractivity contribution in [3.63, 3.8) is 0 Å². The number of aromatic nitrogens is 2.